The van der Waals surface area contributed by atoms with Gasteiger partial charge in [-0.2, -0.15) is 4.52 Å². The summed E-state index contributed by atoms with van der Waals surface area (Å²) in [4.78, 5) is 32.9. The van der Waals surface area contributed by atoms with Crippen molar-refractivity contribution >= 4 is 28.2 Å². The average molecular weight is 622 g/mol. The van der Waals surface area contributed by atoms with E-state index in [1.165, 1.54) is 12.4 Å². The first-order valence-corrected chi connectivity index (χ1v) is 14.5. The maximum atomic E-state index is 12.5. The van der Waals surface area contributed by atoms with Crippen LogP contribution in [-0.4, -0.2) is 59.6 Å². The van der Waals surface area contributed by atoms with E-state index in [9.17, 15) is 9.59 Å². The molecule has 1 fully saturated rings. The van der Waals surface area contributed by atoms with E-state index in [1.807, 2.05) is 24.3 Å². The largest absolute Gasteiger partial charge is 0.470 e. The van der Waals surface area contributed by atoms with Crippen molar-refractivity contribution in [1.82, 2.24) is 45.8 Å². The molecule has 1 aliphatic heterocycles. The molecule has 1 unspecified atom stereocenters. The molecule has 6 heterocycles. The highest BCUT2D eigenvalue weighted by atomic mass is 16.7. The lowest BCUT2D eigenvalue weighted by molar-refractivity contribution is -0.171. The number of hydrogen-bond donors (Lipinski definition) is 2. The maximum absolute atomic E-state index is 12.5. The Hall–Kier alpha value is -5.80. The number of benzene rings is 1. The summed E-state index contributed by atoms with van der Waals surface area (Å²) < 4.78 is 24.6. The van der Waals surface area contributed by atoms with Gasteiger partial charge < -0.3 is 18.7 Å². The Bertz CT molecular complexity index is 1990. The summed E-state index contributed by atoms with van der Waals surface area (Å²) in [6.45, 7) is 0.969. The molecule has 0 spiro atoms. The molecule has 7 rings (SSSR count). The van der Waals surface area contributed by atoms with Gasteiger partial charge in [-0.05, 0) is 49.6 Å². The SMILES string of the molecule is O=C(NNC(=O)c1ccc(COc2nn3c(-c4cc(COC5CCCCO5)on4)nnc3c3ccccc23)nc1)c1cccnc1. The smallest absolute Gasteiger partial charge is 0.271 e. The average Bonchev–Trinajstić information content (AvgIpc) is 3.77. The van der Waals surface area contributed by atoms with Crippen LogP contribution in [0, 0.1) is 0 Å². The van der Waals surface area contributed by atoms with Crippen molar-refractivity contribution < 1.29 is 28.3 Å². The van der Waals surface area contributed by atoms with Gasteiger partial charge in [0.15, 0.2) is 23.4 Å². The molecule has 0 saturated carbocycles. The quantitative estimate of drug-likeness (QED) is 0.225. The molecular weight excluding hydrogens is 594 g/mol. The molecule has 5 aromatic heterocycles. The molecule has 1 aliphatic rings. The van der Waals surface area contributed by atoms with Crippen LogP contribution in [0.15, 0.2) is 77.7 Å². The molecule has 0 bridgehead atoms. The number of carbonyl (C=O) groups excluding carboxylic acids is 2. The monoisotopic (exact) mass is 621 g/mol. The number of amides is 2. The van der Waals surface area contributed by atoms with Crippen LogP contribution in [0.5, 0.6) is 5.88 Å². The summed E-state index contributed by atoms with van der Waals surface area (Å²) in [6.07, 6.45) is 7.03. The van der Waals surface area contributed by atoms with E-state index in [2.05, 4.69) is 36.2 Å². The summed E-state index contributed by atoms with van der Waals surface area (Å²) >= 11 is 0. The molecule has 232 valence electrons. The predicted octanol–water partition coefficient (Wildman–Crippen LogP) is 3.42. The number of pyridine rings is 2. The van der Waals surface area contributed by atoms with Crippen molar-refractivity contribution in [2.75, 3.05) is 6.61 Å². The van der Waals surface area contributed by atoms with Crippen LogP contribution in [-0.2, 0) is 22.7 Å². The fourth-order valence-electron chi connectivity index (χ4n) is 4.86. The first-order chi connectivity index (χ1) is 22.6. The minimum absolute atomic E-state index is 0.0638. The first-order valence-electron chi connectivity index (χ1n) is 14.5. The molecule has 2 N–H and O–H groups in total. The Balaban J connectivity index is 1.05. The number of hydrazine groups is 1. The molecule has 1 atom stereocenters. The number of aromatic nitrogens is 7. The molecular formula is C31H27N9O6. The molecule has 46 heavy (non-hydrogen) atoms. The molecule has 15 heteroatoms. The zero-order valence-electron chi connectivity index (χ0n) is 24.3. The zero-order chi connectivity index (χ0) is 31.3. The summed E-state index contributed by atoms with van der Waals surface area (Å²) in [5.41, 5.74) is 6.79. The molecule has 15 nitrogen and oxygen atoms in total. The van der Waals surface area contributed by atoms with Gasteiger partial charge in [-0.3, -0.25) is 30.4 Å². The van der Waals surface area contributed by atoms with Crippen LogP contribution < -0.4 is 15.6 Å². The minimum atomic E-state index is -0.527. The lowest BCUT2D eigenvalue weighted by atomic mass is 10.2. The van der Waals surface area contributed by atoms with Crippen LogP contribution >= 0.6 is 0 Å². The van der Waals surface area contributed by atoms with Gasteiger partial charge >= 0.3 is 0 Å². The number of fused-ring (bicyclic) bond motifs is 3. The summed E-state index contributed by atoms with van der Waals surface area (Å²) in [6, 6.07) is 15.7. The number of hydrogen-bond acceptors (Lipinski definition) is 12. The Morgan fingerprint density at radius 3 is 2.54 bits per heavy atom. The number of carbonyl (C=O) groups is 2. The Labute approximate surface area is 260 Å². The predicted molar refractivity (Wildman–Crippen MR) is 160 cm³/mol. The van der Waals surface area contributed by atoms with E-state index in [1.54, 1.807) is 41.0 Å². The lowest BCUT2D eigenvalue weighted by Gasteiger charge is -2.21. The van der Waals surface area contributed by atoms with E-state index in [0.717, 1.165) is 30.0 Å². The fourth-order valence-corrected chi connectivity index (χ4v) is 4.86. The third-order valence-corrected chi connectivity index (χ3v) is 7.22. The van der Waals surface area contributed by atoms with E-state index >= 15 is 0 Å². The standard InChI is InChI=1S/C31H27N9O6/c41-29(19-6-5-12-32-15-19)36-37-30(42)20-10-11-21(33-16-20)17-45-31-24-8-2-1-7-23(24)27-34-35-28(40(27)38-31)25-14-22(46-39-25)18-44-26-9-3-4-13-43-26/h1-2,5-8,10-12,14-16,26H,3-4,9,13,17-18H2,(H,36,41)(H,37,42). The van der Waals surface area contributed by atoms with Crippen LogP contribution in [0.3, 0.4) is 0 Å². The first kappa shape index (κ1) is 28.9. The van der Waals surface area contributed by atoms with Gasteiger partial charge in [0.1, 0.15) is 13.2 Å². The highest BCUT2D eigenvalue weighted by Crippen LogP contribution is 2.29. The Kier molecular flexibility index (Phi) is 8.21. The second-order valence-electron chi connectivity index (χ2n) is 10.4. The molecule has 0 aliphatic carbocycles. The third-order valence-electron chi connectivity index (χ3n) is 7.22. The lowest BCUT2D eigenvalue weighted by Crippen LogP contribution is -2.41. The highest BCUT2D eigenvalue weighted by Gasteiger charge is 2.21. The molecule has 6 aromatic rings. The molecule has 2 amide bonds. The minimum Gasteiger partial charge on any atom is -0.470 e. The van der Waals surface area contributed by atoms with Gasteiger partial charge in [0.25, 0.3) is 11.8 Å². The Morgan fingerprint density at radius 1 is 0.935 bits per heavy atom. The molecule has 0 radical (unpaired) electrons. The number of nitrogens with zero attached hydrogens (tertiary/aromatic N) is 7. The van der Waals surface area contributed by atoms with E-state index in [4.69, 9.17) is 23.8 Å². The number of rotatable bonds is 9. The summed E-state index contributed by atoms with van der Waals surface area (Å²) in [5, 5.41) is 19.1. The normalized spacial score (nSPS) is 14.7. The maximum Gasteiger partial charge on any atom is 0.271 e. The Morgan fingerprint density at radius 2 is 1.78 bits per heavy atom. The van der Waals surface area contributed by atoms with Crippen molar-refractivity contribution in [3.63, 3.8) is 0 Å². The van der Waals surface area contributed by atoms with Gasteiger partial charge in [0, 0.05) is 42.0 Å². The summed E-state index contributed by atoms with van der Waals surface area (Å²) in [7, 11) is 0. The molecule has 1 saturated heterocycles. The van der Waals surface area contributed by atoms with Gasteiger partial charge in [-0.25, -0.2) is 0 Å². The van der Waals surface area contributed by atoms with E-state index in [-0.39, 0.29) is 25.1 Å². The van der Waals surface area contributed by atoms with Gasteiger partial charge in [-0.1, -0.05) is 23.4 Å². The van der Waals surface area contributed by atoms with Crippen molar-refractivity contribution in [2.45, 2.75) is 38.8 Å². The van der Waals surface area contributed by atoms with Crippen molar-refractivity contribution in [1.29, 1.82) is 0 Å². The van der Waals surface area contributed by atoms with Crippen LogP contribution in [0.2, 0.25) is 0 Å². The number of ether oxygens (including phenoxy) is 3. The van der Waals surface area contributed by atoms with Gasteiger partial charge in [0.05, 0.1) is 16.8 Å². The second kappa shape index (κ2) is 13.1. The number of nitrogens with one attached hydrogen (secondary N) is 2. The van der Waals surface area contributed by atoms with Gasteiger partial charge in [-0.15, -0.1) is 15.3 Å². The zero-order valence-corrected chi connectivity index (χ0v) is 24.3. The van der Waals surface area contributed by atoms with E-state index < -0.39 is 11.8 Å². The topological polar surface area (TPSA) is 181 Å². The van der Waals surface area contributed by atoms with Crippen molar-refractivity contribution in [2.24, 2.45) is 0 Å². The third kappa shape index (κ3) is 6.22. The van der Waals surface area contributed by atoms with Crippen LogP contribution in [0.4, 0.5) is 0 Å². The van der Waals surface area contributed by atoms with Crippen molar-refractivity contribution in [3.8, 4) is 17.4 Å². The highest BCUT2D eigenvalue weighted by molar-refractivity contribution is 5.99. The van der Waals surface area contributed by atoms with E-state index in [0.29, 0.717) is 46.7 Å². The second-order valence-corrected chi connectivity index (χ2v) is 10.4. The van der Waals surface area contributed by atoms with Crippen LogP contribution in [0.1, 0.15) is 51.4 Å². The fraction of sp³-hybridized carbons (Fsp3) is 0.226. The summed E-state index contributed by atoms with van der Waals surface area (Å²) in [5.74, 6) is 0.207. The van der Waals surface area contributed by atoms with Crippen molar-refractivity contribution in [3.05, 3.63) is 95.8 Å². The molecule has 1 aromatic carbocycles. The van der Waals surface area contributed by atoms with Gasteiger partial charge in [0.2, 0.25) is 11.7 Å². The van der Waals surface area contributed by atoms with Crippen LogP contribution in [0.25, 0.3) is 27.9 Å².